The zero-order valence-corrected chi connectivity index (χ0v) is 12.3. The lowest BCUT2D eigenvalue weighted by Gasteiger charge is -2.17. The molecule has 23 heavy (non-hydrogen) atoms. The largest absolute Gasteiger partial charge is 0.574 e. The number of aromatic nitrogens is 1. The molecule has 0 aliphatic carbocycles. The Morgan fingerprint density at radius 2 is 1.87 bits per heavy atom. The van der Waals surface area contributed by atoms with Gasteiger partial charge in [-0.05, 0) is 18.6 Å². The number of ether oxygens (including phenoxy) is 2. The zero-order valence-electron chi connectivity index (χ0n) is 11.5. The van der Waals surface area contributed by atoms with Crippen molar-refractivity contribution in [2.75, 3.05) is 6.61 Å². The predicted octanol–water partition coefficient (Wildman–Crippen LogP) is 3.84. The molecule has 0 N–H and O–H groups in total. The first kappa shape index (κ1) is 19.3. The van der Waals surface area contributed by atoms with E-state index in [0.29, 0.717) is 6.07 Å². The van der Waals surface area contributed by atoms with Gasteiger partial charge in [0.2, 0.25) is 5.88 Å². The molecule has 0 aliphatic heterocycles. The van der Waals surface area contributed by atoms with Crippen molar-refractivity contribution in [3.63, 3.8) is 0 Å². The second-order valence-corrected chi connectivity index (χ2v) is 4.38. The molecule has 4 nitrogen and oxygen atoms in total. The molecule has 0 bridgehead atoms. The van der Waals surface area contributed by atoms with Crippen molar-refractivity contribution in [2.24, 2.45) is 0 Å². The molecular weight excluding hydrogens is 356 g/mol. The van der Waals surface area contributed by atoms with Gasteiger partial charge in [0.15, 0.2) is 0 Å². The number of alkyl halides is 7. The average molecular weight is 366 g/mol. The first-order valence-corrected chi connectivity index (χ1v) is 6.58. The van der Waals surface area contributed by atoms with Crippen LogP contribution in [0.1, 0.15) is 23.7 Å². The summed E-state index contributed by atoms with van der Waals surface area (Å²) in [5, 5.41) is 0. The molecule has 1 aromatic rings. The third kappa shape index (κ3) is 5.77. The second-order valence-electron chi connectivity index (χ2n) is 4.11. The maximum absolute atomic E-state index is 12.8. The third-order valence-corrected chi connectivity index (χ3v) is 2.72. The Hall–Kier alpha value is -1.71. The van der Waals surface area contributed by atoms with Crippen LogP contribution < -0.4 is 4.74 Å². The smallest absolute Gasteiger partial charge is 0.466 e. The minimum atomic E-state index is -5.38. The summed E-state index contributed by atoms with van der Waals surface area (Å²) in [6.45, 7) is 1.47. The van der Waals surface area contributed by atoms with Gasteiger partial charge < -0.3 is 9.47 Å². The summed E-state index contributed by atoms with van der Waals surface area (Å²) in [4.78, 5) is 14.5. The van der Waals surface area contributed by atoms with Gasteiger partial charge in [-0.1, -0.05) is 0 Å². The number of hydrogen-bond donors (Lipinski definition) is 0. The van der Waals surface area contributed by atoms with Gasteiger partial charge in [-0.25, -0.2) is 4.98 Å². The van der Waals surface area contributed by atoms with E-state index in [1.165, 1.54) is 6.92 Å². The number of pyridine rings is 1. The molecule has 130 valence electrons. The van der Waals surface area contributed by atoms with E-state index in [4.69, 9.17) is 11.6 Å². The van der Waals surface area contributed by atoms with Crippen LogP contribution in [0.5, 0.6) is 5.88 Å². The quantitative estimate of drug-likeness (QED) is 0.452. The Bertz CT molecular complexity index is 573. The van der Waals surface area contributed by atoms with E-state index >= 15 is 0 Å². The monoisotopic (exact) mass is 365 g/mol. The maximum Gasteiger partial charge on any atom is 0.574 e. The van der Waals surface area contributed by atoms with E-state index in [1.54, 1.807) is 0 Å². The van der Waals surface area contributed by atoms with E-state index in [-0.39, 0.29) is 17.9 Å². The molecule has 0 amide bonds. The van der Waals surface area contributed by atoms with E-state index in [0.717, 1.165) is 0 Å². The zero-order chi connectivity index (χ0) is 17.8. The highest BCUT2D eigenvalue weighted by Gasteiger charge is 2.41. The Labute approximate surface area is 131 Å². The highest BCUT2D eigenvalue weighted by Crippen LogP contribution is 2.38. The second kappa shape index (κ2) is 7.24. The summed E-state index contributed by atoms with van der Waals surface area (Å²) in [7, 11) is 0. The molecule has 1 aromatic heterocycles. The van der Waals surface area contributed by atoms with E-state index in [1.807, 2.05) is 0 Å². The van der Waals surface area contributed by atoms with Crippen molar-refractivity contribution in [3.8, 4) is 5.88 Å². The summed E-state index contributed by atoms with van der Waals surface area (Å²) in [6.07, 6.45) is -11.2. The molecule has 0 saturated heterocycles. The Morgan fingerprint density at radius 1 is 1.26 bits per heavy atom. The molecule has 0 unspecified atom stereocenters. The van der Waals surface area contributed by atoms with Gasteiger partial charge in [-0.2, -0.15) is 13.2 Å². The van der Waals surface area contributed by atoms with Crippen molar-refractivity contribution >= 4 is 17.6 Å². The normalized spacial score (nSPS) is 12.2. The van der Waals surface area contributed by atoms with Crippen LogP contribution in [0.2, 0.25) is 0 Å². The number of carbonyl (C=O) groups excluding carboxylic acids is 1. The SMILES string of the molecule is CCOC(=O)Cc1nc(OC(F)(F)F)c(C(F)(F)F)cc1CCl. The summed E-state index contributed by atoms with van der Waals surface area (Å²) in [5.74, 6) is -3.06. The Balaban J connectivity index is 3.36. The molecule has 0 saturated carbocycles. The summed E-state index contributed by atoms with van der Waals surface area (Å²) < 4.78 is 83.2. The third-order valence-electron chi connectivity index (χ3n) is 2.44. The van der Waals surface area contributed by atoms with Crippen molar-refractivity contribution in [2.45, 2.75) is 31.8 Å². The number of hydrogen-bond acceptors (Lipinski definition) is 4. The predicted molar refractivity (Wildman–Crippen MR) is 65.8 cm³/mol. The van der Waals surface area contributed by atoms with Gasteiger partial charge in [-0.3, -0.25) is 4.79 Å². The maximum atomic E-state index is 12.8. The Morgan fingerprint density at radius 3 is 2.30 bits per heavy atom. The number of rotatable bonds is 5. The van der Waals surface area contributed by atoms with Crippen LogP contribution in [0.25, 0.3) is 0 Å². The standard InChI is InChI=1S/C12H10ClF6NO3/c1-2-22-9(21)4-8-6(5-13)3-7(11(14,15)16)10(20-8)23-12(17,18)19/h3H,2,4-5H2,1H3. The van der Waals surface area contributed by atoms with Gasteiger partial charge in [0.05, 0.1) is 18.7 Å². The first-order chi connectivity index (χ1) is 10.5. The topological polar surface area (TPSA) is 48.4 Å². The number of nitrogens with zero attached hydrogens (tertiary/aromatic N) is 1. The van der Waals surface area contributed by atoms with Crippen molar-refractivity contribution in [1.29, 1.82) is 0 Å². The lowest BCUT2D eigenvalue weighted by atomic mass is 10.1. The lowest BCUT2D eigenvalue weighted by Crippen LogP contribution is -2.22. The molecule has 0 spiro atoms. The highest BCUT2D eigenvalue weighted by atomic mass is 35.5. The molecule has 11 heteroatoms. The van der Waals surface area contributed by atoms with Crippen LogP contribution in [0.3, 0.4) is 0 Å². The van der Waals surface area contributed by atoms with Gasteiger partial charge in [0, 0.05) is 5.88 Å². The van der Waals surface area contributed by atoms with Gasteiger partial charge in [0.25, 0.3) is 0 Å². The van der Waals surface area contributed by atoms with Crippen LogP contribution >= 0.6 is 11.6 Å². The Kier molecular flexibility index (Phi) is 6.09. The first-order valence-electron chi connectivity index (χ1n) is 6.05. The van der Waals surface area contributed by atoms with Crippen LogP contribution in [0.15, 0.2) is 6.07 Å². The number of halogens is 7. The fraction of sp³-hybridized carbons (Fsp3) is 0.500. The molecule has 0 radical (unpaired) electrons. The molecule has 0 aliphatic rings. The summed E-state index contributed by atoms with van der Waals surface area (Å²) in [5.41, 5.74) is -2.37. The van der Waals surface area contributed by atoms with Crippen molar-refractivity contribution in [1.82, 2.24) is 4.98 Å². The van der Waals surface area contributed by atoms with Crippen LogP contribution in [-0.4, -0.2) is 23.9 Å². The molecule has 0 fully saturated rings. The molecule has 0 atom stereocenters. The minimum Gasteiger partial charge on any atom is -0.466 e. The molecule has 0 aromatic carbocycles. The molecule has 1 heterocycles. The fourth-order valence-electron chi connectivity index (χ4n) is 1.58. The van der Waals surface area contributed by atoms with Crippen molar-refractivity contribution in [3.05, 3.63) is 22.9 Å². The van der Waals surface area contributed by atoms with Crippen LogP contribution in [0.4, 0.5) is 26.3 Å². The molecule has 1 rings (SSSR count). The van der Waals surface area contributed by atoms with Crippen LogP contribution in [-0.2, 0) is 28.0 Å². The average Bonchev–Trinajstić information content (AvgIpc) is 2.35. The van der Waals surface area contributed by atoms with Crippen LogP contribution in [0, 0.1) is 0 Å². The highest BCUT2D eigenvalue weighted by molar-refractivity contribution is 6.17. The van der Waals surface area contributed by atoms with Gasteiger partial charge in [-0.15, -0.1) is 24.8 Å². The van der Waals surface area contributed by atoms with E-state index in [2.05, 4.69) is 14.5 Å². The van der Waals surface area contributed by atoms with Crippen molar-refractivity contribution < 1.29 is 40.6 Å². The minimum absolute atomic E-state index is 0.0123. The van der Waals surface area contributed by atoms with E-state index < -0.39 is 42.3 Å². The van der Waals surface area contributed by atoms with Gasteiger partial charge in [0.1, 0.15) is 5.56 Å². The fourth-order valence-corrected chi connectivity index (χ4v) is 1.81. The lowest BCUT2D eigenvalue weighted by molar-refractivity contribution is -0.277. The summed E-state index contributed by atoms with van der Waals surface area (Å²) >= 11 is 5.48. The number of esters is 1. The van der Waals surface area contributed by atoms with E-state index in [9.17, 15) is 31.1 Å². The number of carbonyl (C=O) groups is 1. The summed E-state index contributed by atoms with van der Waals surface area (Å²) in [6, 6.07) is 0.371. The molecular formula is C12H10ClF6NO3. The van der Waals surface area contributed by atoms with Gasteiger partial charge >= 0.3 is 18.5 Å².